The molecule has 0 heterocycles. The minimum Gasteiger partial charge on any atom is -0.289 e. The van der Waals surface area contributed by atoms with Crippen LogP contribution in [0.2, 0.25) is 0 Å². The Morgan fingerprint density at radius 2 is 1.00 bits per heavy atom. The Labute approximate surface area is 128 Å². The van der Waals surface area contributed by atoms with E-state index in [0.29, 0.717) is 22.3 Å². The van der Waals surface area contributed by atoms with E-state index in [0.717, 1.165) is 11.1 Å². The van der Waals surface area contributed by atoms with Crippen LogP contribution in [0.5, 0.6) is 0 Å². The molecule has 1 aliphatic rings. The second-order valence-corrected chi connectivity index (χ2v) is 5.33. The topological polar surface area (TPSA) is 34.1 Å². The monoisotopic (exact) mass is 284 g/mol. The smallest absolute Gasteiger partial charge is 0.194 e. The predicted molar refractivity (Wildman–Crippen MR) is 85.2 cm³/mol. The first kappa shape index (κ1) is 12.7. The summed E-state index contributed by atoms with van der Waals surface area (Å²) in [7, 11) is 0. The van der Waals surface area contributed by atoms with Gasteiger partial charge in [0, 0.05) is 22.3 Å². The van der Waals surface area contributed by atoms with Gasteiger partial charge in [0.15, 0.2) is 11.6 Å². The average Bonchev–Trinajstić information content (AvgIpc) is 2.60. The van der Waals surface area contributed by atoms with E-state index in [2.05, 4.69) is 0 Å². The lowest BCUT2D eigenvalue weighted by Crippen LogP contribution is -2.20. The Hall–Kier alpha value is -3.00. The quantitative estimate of drug-likeness (QED) is 0.526. The Morgan fingerprint density at radius 1 is 0.455 bits per heavy atom. The fraction of sp³-hybridized carbons (Fsp3) is 0. The summed E-state index contributed by atoms with van der Waals surface area (Å²) in [4.78, 5) is 25.2. The summed E-state index contributed by atoms with van der Waals surface area (Å²) in [6.45, 7) is 0. The molecule has 3 aromatic carbocycles. The van der Waals surface area contributed by atoms with Gasteiger partial charge in [0.05, 0.1) is 0 Å². The van der Waals surface area contributed by atoms with Gasteiger partial charge >= 0.3 is 0 Å². The Morgan fingerprint density at radius 3 is 1.68 bits per heavy atom. The molecule has 3 aromatic rings. The second kappa shape index (κ2) is 4.78. The van der Waals surface area contributed by atoms with Crippen molar-refractivity contribution in [3.05, 3.63) is 95.1 Å². The largest absolute Gasteiger partial charge is 0.289 e. The van der Waals surface area contributed by atoms with Crippen molar-refractivity contribution in [2.75, 3.05) is 0 Å². The molecule has 0 spiro atoms. The van der Waals surface area contributed by atoms with E-state index in [1.54, 1.807) is 30.3 Å². The Bertz CT molecular complexity index is 908. The molecule has 2 heteroatoms. The van der Waals surface area contributed by atoms with Crippen molar-refractivity contribution in [3.8, 4) is 11.1 Å². The third-order valence-corrected chi connectivity index (χ3v) is 4.03. The first-order valence-corrected chi connectivity index (χ1v) is 7.13. The van der Waals surface area contributed by atoms with Crippen LogP contribution >= 0.6 is 0 Å². The van der Waals surface area contributed by atoms with Gasteiger partial charge in [-0.2, -0.15) is 0 Å². The first-order valence-electron chi connectivity index (χ1n) is 7.13. The Kier molecular flexibility index (Phi) is 2.76. The van der Waals surface area contributed by atoms with Crippen molar-refractivity contribution in [2.24, 2.45) is 0 Å². The van der Waals surface area contributed by atoms with Crippen molar-refractivity contribution < 1.29 is 9.59 Å². The van der Waals surface area contributed by atoms with Crippen LogP contribution in [0.25, 0.3) is 11.1 Å². The Balaban J connectivity index is 1.91. The molecule has 0 amide bonds. The van der Waals surface area contributed by atoms with Gasteiger partial charge in [-0.25, -0.2) is 0 Å². The molecule has 0 unspecified atom stereocenters. The molecule has 0 bridgehead atoms. The third kappa shape index (κ3) is 1.81. The van der Waals surface area contributed by atoms with Crippen LogP contribution < -0.4 is 0 Å². The van der Waals surface area contributed by atoms with Crippen molar-refractivity contribution in [1.29, 1.82) is 0 Å². The zero-order valence-corrected chi connectivity index (χ0v) is 11.7. The molecule has 4 rings (SSSR count). The third-order valence-electron chi connectivity index (χ3n) is 4.03. The molecule has 0 atom stereocenters. The van der Waals surface area contributed by atoms with Gasteiger partial charge in [0.25, 0.3) is 0 Å². The van der Waals surface area contributed by atoms with Crippen LogP contribution in [0.3, 0.4) is 0 Å². The van der Waals surface area contributed by atoms with Gasteiger partial charge in [0.2, 0.25) is 0 Å². The number of carbonyl (C=O) groups excluding carboxylic acids is 2. The van der Waals surface area contributed by atoms with Crippen molar-refractivity contribution >= 4 is 11.6 Å². The highest BCUT2D eigenvalue weighted by Gasteiger charge is 2.29. The van der Waals surface area contributed by atoms with E-state index in [-0.39, 0.29) is 11.6 Å². The maximum atomic E-state index is 12.7. The second-order valence-electron chi connectivity index (χ2n) is 5.33. The molecule has 0 aromatic heterocycles. The molecule has 104 valence electrons. The molecule has 2 nitrogen and oxygen atoms in total. The SMILES string of the molecule is O=C1c2ccccc2C(=O)c2cc(-c3ccccc3)ccc21. The molecule has 22 heavy (non-hydrogen) atoms. The maximum absolute atomic E-state index is 12.7. The van der Waals surface area contributed by atoms with Crippen molar-refractivity contribution in [2.45, 2.75) is 0 Å². The van der Waals surface area contributed by atoms with E-state index in [1.165, 1.54) is 0 Å². The fourth-order valence-corrected chi connectivity index (χ4v) is 2.91. The molecule has 0 radical (unpaired) electrons. The number of hydrogen-bond acceptors (Lipinski definition) is 2. The molecule has 0 fully saturated rings. The summed E-state index contributed by atoms with van der Waals surface area (Å²) >= 11 is 0. The van der Waals surface area contributed by atoms with Crippen LogP contribution in [0, 0.1) is 0 Å². The van der Waals surface area contributed by atoms with Gasteiger partial charge in [-0.15, -0.1) is 0 Å². The lowest BCUT2D eigenvalue weighted by Gasteiger charge is -2.18. The van der Waals surface area contributed by atoms with Gasteiger partial charge in [-0.3, -0.25) is 9.59 Å². The summed E-state index contributed by atoms with van der Waals surface area (Å²) in [5.74, 6) is -0.159. The zero-order valence-electron chi connectivity index (χ0n) is 11.7. The van der Waals surface area contributed by atoms with Gasteiger partial charge in [-0.1, -0.05) is 60.7 Å². The van der Waals surface area contributed by atoms with Crippen LogP contribution in [-0.4, -0.2) is 11.6 Å². The van der Waals surface area contributed by atoms with Crippen LogP contribution in [0.1, 0.15) is 31.8 Å². The molecule has 0 saturated heterocycles. The summed E-state index contributed by atoms with van der Waals surface area (Å²) in [6, 6.07) is 22.3. The summed E-state index contributed by atoms with van der Waals surface area (Å²) in [5, 5.41) is 0. The highest BCUT2D eigenvalue weighted by Crippen LogP contribution is 2.30. The van der Waals surface area contributed by atoms with E-state index < -0.39 is 0 Å². The summed E-state index contributed by atoms with van der Waals surface area (Å²) in [6.07, 6.45) is 0. The maximum Gasteiger partial charge on any atom is 0.194 e. The number of rotatable bonds is 1. The standard InChI is InChI=1S/C20H12O2/c21-19-15-8-4-5-9-16(15)20(22)18-12-14(10-11-17(18)19)13-6-2-1-3-7-13/h1-12H. The highest BCUT2D eigenvalue weighted by molar-refractivity contribution is 6.28. The average molecular weight is 284 g/mol. The predicted octanol–water partition coefficient (Wildman–Crippen LogP) is 4.13. The van der Waals surface area contributed by atoms with Crippen LogP contribution in [0.4, 0.5) is 0 Å². The van der Waals surface area contributed by atoms with E-state index in [9.17, 15) is 9.59 Å². The van der Waals surface area contributed by atoms with Crippen LogP contribution in [-0.2, 0) is 0 Å². The van der Waals surface area contributed by atoms with Gasteiger partial charge in [-0.05, 0) is 23.3 Å². The fourth-order valence-electron chi connectivity index (χ4n) is 2.91. The summed E-state index contributed by atoms with van der Waals surface area (Å²) in [5.41, 5.74) is 3.94. The zero-order chi connectivity index (χ0) is 15.1. The van der Waals surface area contributed by atoms with E-state index in [4.69, 9.17) is 0 Å². The van der Waals surface area contributed by atoms with E-state index >= 15 is 0 Å². The van der Waals surface area contributed by atoms with Crippen LogP contribution in [0.15, 0.2) is 72.8 Å². The molecular weight excluding hydrogens is 272 g/mol. The molecule has 0 aliphatic heterocycles. The first-order chi connectivity index (χ1) is 10.8. The molecule has 0 N–H and O–H groups in total. The van der Waals surface area contributed by atoms with Crippen molar-refractivity contribution in [3.63, 3.8) is 0 Å². The van der Waals surface area contributed by atoms with E-state index in [1.807, 2.05) is 42.5 Å². The highest BCUT2D eigenvalue weighted by atomic mass is 16.1. The minimum absolute atomic E-state index is 0.0789. The normalized spacial score (nSPS) is 12.7. The lowest BCUT2D eigenvalue weighted by molar-refractivity contribution is 0.0979. The number of carbonyl (C=O) groups is 2. The number of hydrogen-bond donors (Lipinski definition) is 0. The number of fused-ring (bicyclic) bond motifs is 2. The molecule has 0 saturated carbocycles. The number of benzene rings is 3. The van der Waals surface area contributed by atoms with Crippen molar-refractivity contribution in [1.82, 2.24) is 0 Å². The molecule has 1 aliphatic carbocycles. The number of ketones is 2. The van der Waals surface area contributed by atoms with Gasteiger partial charge < -0.3 is 0 Å². The minimum atomic E-state index is -0.0806. The lowest BCUT2D eigenvalue weighted by atomic mass is 9.83. The molecular formula is C20H12O2. The van der Waals surface area contributed by atoms with Gasteiger partial charge in [0.1, 0.15) is 0 Å². The summed E-state index contributed by atoms with van der Waals surface area (Å²) < 4.78 is 0.